The molecule has 1 aromatic heterocycles. The highest BCUT2D eigenvalue weighted by Crippen LogP contribution is 2.37. The van der Waals surface area contributed by atoms with Gasteiger partial charge in [0.1, 0.15) is 5.69 Å². The summed E-state index contributed by atoms with van der Waals surface area (Å²) < 4.78 is 7.76. The fraction of sp³-hybridized carbons (Fsp3) is 0.706. The van der Waals surface area contributed by atoms with Crippen molar-refractivity contribution in [2.75, 3.05) is 26.2 Å². The molecule has 3 fully saturated rings. The lowest BCUT2D eigenvalue weighted by molar-refractivity contribution is -0.137. The molecule has 4 rings (SSSR count). The number of ether oxygens (including phenoxy) is 1. The minimum absolute atomic E-state index is 0.0320. The van der Waals surface area contributed by atoms with Crippen LogP contribution in [0.15, 0.2) is 12.3 Å². The van der Waals surface area contributed by atoms with E-state index in [1.165, 1.54) is 0 Å². The van der Waals surface area contributed by atoms with Gasteiger partial charge in [0, 0.05) is 45.4 Å². The first kappa shape index (κ1) is 15.6. The van der Waals surface area contributed by atoms with Crippen molar-refractivity contribution in [3.63, 3.8) is 0 Å². The highest BCUT2D eigenvalue weighted by Gasteiger charge is 2.47. The van der Waals surface area contributed by atoms with Crippen molar-refractivity contribution in [3.8, 4) is 0 Å². The van der Waals surface area contributed by atoms with Crippen molar-refractivity contribution >= 4 is 11.8 Å². The van der Waals surface area contributed by atoms with Gasteiger partial charge in [0.15, 0.2) is 0 Å². The van der Waals surface area contributed by atoms with Crippen molar-refractivity contribution in [2.45, 2.75) is 43.7 Å². The van der Waals surface area contributed by atoms with E-state index in [1.54, 1.807) is 16.9 Å². The number of aromatic nitrogens is 2. The molecule has 7 nitrogen and oxygen atoms in total. The Labute approximate surface area is 141 Å². The van der Waals surface area contributed by atoms with Crippen LogP contribution in [-0.4, -0.2) is 69.3 Å². The lowest BCUT2D eigenvalue weighted by atomic mass is 9.89. The Hall–Kier alpha value is -1.89. The van der Waals surface area contributed by atoms with Gasteiger partial charge in [-0.1, -0.05) is 0 Å². The van der Waals surface area contributed by atoms with E-state index >= 15 is 0 Å². The van der Waals surface area contributed by atoms with Gasteiger partial charge in [0.05, 0.1) is 12.1 Å². The largest absolute Gasteiger partial charge is 0.373 e. The number of carbonyl (C=O) groups excluding carboxylic acids is 2. The molecule has 24 heavy (non-hydrogen) atoms. The fourth-order valence-electron chi connectivity index (χ4n) is 4.32. The van der Waals surface area contributed by atoms with Gasteiger partial charge in [0.2, 0.25) is 5.91 Å². The van der Waals surface area contributed by atoms with Gasteiger partial charge in [-0.3, -0.25) is 14.3 Å². The van der Waals surface area contributed by atoms with Crippen LogP contribution >= 0.6 is 0 Å². The van der Waals surface area contributed by atoms with Crippen LogP contribution in [0.3, 0.4) is 0 Å². The summed E-state index contributed by atoms with van der Waals surface area (Å²) in [7, 11) is 1.81. The number of carbonyl (C=O) groups is 2. The lowest BCUT2D eigenvalue weighted by Crippen LogP contribution is -2.50. The maximum Gasteiger partial charge on any atom is 0.274 e. The summed E-state index contributed by atoms with van der Waals surface area (Å²) in [5.74, 6) is 0.243. The Kier molecular flexibility index (Phi) is 3.83. The van der Waals surface area contributed by atoms with E-state index in [0.29, 0.717) is 31.8 Å². The minimum atomic E-state index is -0.295. The Bertz CT molecular complexity index is 658. The van der Waals surface area contributed by atoms with Crippen LogP contribution in [0.2, 0.25) is 0 Å². The van der Waals surface area contributed by atoms with Gasteiger partial charge in [-0.2, -0.15) is 5.10 Å². The predicted octanol–water partition coefficient (Wildman–Crippen LogP) is 0.806. The van der Waals surface area contributed by atoms with Crippen molar-refractivity contribution in [1.82, 2.24) is 19.6 Å². The molecule has 1 spiro atoms. The maximum atomic E-state index is 12.6. The number of amides is 2. The van der Waals surface area contributed by atoms with E-state index in [1.807, 2.05) is 16.8 Å². The molecule has 4 heterocycles. The fourth-order valence-corrected chi connectivity index (χ4v) is 4.32. The highest BCUT2D eigenvalue weighted by atomic mass is 16.5. The van der Waals surface area contributed by atoms with E-state index in [2.05, 4.69) is 5.10 Å². The molecule has 0 saturated carbocycles. The molecule has 1 aromatic rings. The van der Waals surface area contributed by atoms with Crippen molar-refractivity contribution in [2.24, 2.45) is 7.05 Å². The maximum absolute atomic E-state index is 12.6. The summed E-state index contributed by atoms with van der Waals surface area (Å²) in [6.45, 7) is 2.83. The van der Waals surface area contributed by atoms with Crippen molar-refractivity contribution in [3.05, 3.63) is 18.0 Å². The van der Waals surface area contributed by atoms with Crippen molar-refractivity contribution < 1.29 is 14.3 Å². The second-order valence-electron chi connectivity index (χ2n) is 7.22. The van der Waals surface area contributed by atoms with Crippen LogP contribution < -0.4 is 0 Å². The molecule has 3 aliphatic rings. The molecule has 0 aliphatic carbocycles. The third kappa shape index (κ3) is 2.70. The molecule has 3 aliphatic heterocycles. The SMILES string of the molecule is Cn1ccc(C(=O)N2CC[C@@]3(C[C@H](N4CCCC4=O)CCO3)C2)n1. The molecule has 0 unspecified atom stereocenters. The van der Waals surface area contributed by atoms with Crippen LogP contribution in [0.1, 0.15) is 42.6 Å². The van der Waals surface area contributed by atoms with E-state index in [4.69, 9.17) is 4.74 Å². The highest BCUT2D eigenvalue weighted by molar-refractivity contribution is 5.92. The van der Waals surface area contributed by atoms with E-state index in [-0.39, 0.29) is 23.5 Å². The molecule has 7 heteroatoms. The molecule has 3 saturated heterocycles. The van der Waals surface area contributed by atoms with Crippen LogP contribution in [0, 0.1) is 0 Å². The van der Waals surface area contributed by atoms with Gasteiger partial charge >= 0.3 is 0 Å². The van der Waals surface area contributed by atoms with Crippen LogP contribution in [-0.2, 0) is 16.6 Å². The van der Waals surface area contributed by atoms with Crippen molar-refractivity contribution in [1.29, 1.82) is 0 Å². The summed E-state index contributed by atoms with van der Waals surface area (Å²) >= 11 is 0. The summed E-state index contributed by atoms with van der Waals surface area (Å²) in [6, 6.07) is 2.01. The number of hydrogen-bond donors (Lipinski definition) is 0. The number of rotatable bonds is 2. The molecule has 0 aromatic carbocycles. The summed E-state index contributed by atoms with van der Waals surface area (Å²) in [5, 5.41) is 4.21. The van der Waals surface area contributed by atoms with E-state index in [9.17, 15) is 9.59 Å². The first-order valence-corrected chi connectivity index (χ1v) is 8.79. The van der Waals surface area contributed by atoms with Gasteiger partial charge in [-0.15, -0.1) is 0 Å². The second kappa shape index (κ2) is 5.88. The average Bonchev–Trinajstić information content (AvgIpc) is 3.28. The molecular weight excluding hydrogens is 308 g/mol. The van der Waals surface area contributed by atoms with E-state index < -0.39 is 0 Å². The molecule has 2 atom stereocenters. The van der Waals surface area contributed by atoms with Gasteiger partial charge in [0.25, 0.3) is 5.91 Å². The first-order chi connectivity index (χ1) is 11.6. The second-order valence-corrected chi connectivity index (χ2v) is 7.22. The zero-order valence-corrected chi connectivity index (χ0v) is 14.1. The summed E-state index contributed by atoms with van der Waals surface area (Å²) in [5.41, 5.74) is 0.188. The zero-order chi connectivity index (χ0) is 16.7. The number of hydrogen-bond acceptors (Lipinski definition) is 4. The van der Waals surface area contributed by atoms with Crippen LogP contribution in [0.4, 0.5) is 0 Å². The number of aryl methyl sites for hydroxylation is 1. The van der Waals surface area contributed by atoms with Gasteiger partial charge in [-0.05, 0) is 31.7 Å². The standard InChI is InChI=1S/C17H24N4O3/c1-19-8-4-14(18-19)16(23)20-9-6-17(12-20)11-13(5-10-24-17)21-7-2-3-15(21)22/h4,8,13H,2-3,5-7,9-12H2,1H3/t13-,17-/m1/s1. The number of likely N-dealkylation sites (tertiary alicyclic amines) is 2. The van der Waals surface area contributed by atoms with Gasteiger partial charge in [-0.25, -0.2) is 0 Å². The third-order valence-electron chi connectivity index (χ3n) is 5.55. The molecule has 0 bridgehead atoms. The first-order valence-electron chi connectivity index (χ1n) is 8.79. The molecule has 0 radical (unpaired) electrons. The Balaban J connectivity index is 1.44. The average molecular weight is 332 g/mol. The Morgan fingerprint density at radius 1 is 1.42 bits per heavy atom. The zero-order valence-electron chi connectivity index (χ0n) is 14.1. The van der Waals surface area contributed by atoms with Crippen LogP contribution in [0.25, 0.3) is 0 Å². The number of nitrogens with zero attached hydrogens (tertiary/aromatic N) is 4. The molecule has 2 amide bonds. The van der Waals surface area contributed by atoms with E-state index in [0.717, 1.165) is 32.2 Å². The van der Waals surface area contributed by atoms with Gasteiger partial charge < -0.3 is 14.5 Å². The smallest absolute Gasteiger partial charge is 0.274 e. The summed E-state index contributed by atoms with van der Waals surface area (Å²) in [4.78, 5) is 28.5. The Morgan fingerprint density at radius 2 is 2.29 bits per heavy atom. The monoisotopic (exact) mass is 332 g/mol. The topological polar surface area (TPSA) is 67.7 Å². The quantitative estimate of drug-likeness (QED) is 0.804. The summed E-state index contributed by atoms with van der Waals surface area (Å²) in [6.07, 6.45) is 6.00. The normalized spacial score (nSPS) is 30.5. The molecule has 130 valence electrons. The van der Waals surface area contributed by atoms with Crippen LogP contribution in [0.5, 0.6) is 0 Å². The Morgan fingerprint density at radius 3 is 3.00 bits per heavy atom. The third-order valence-corrected chi connectivity index (χ3v) is 5.55. The lowest BCUT2D eigenvalue weighted by Gasteiger charge is -2.41. The molecule has 0 N–H and O–H groups in total. The molecular formula is C17H24N4O3. The minimum Gasteiger partial charge on any atom is -0.373 e. The predicted molar refractivity (Wildman–Crippen MR) is 86.4 cm³/mol.